The molecule has 5 nitrogen and oxygen atoms in total. The summed E-state index contributed by atoms with van der Waals surface area (Å²) >= 11 is 1.28. The van der Waals surface area contributed by atoms with Crippen molar-refractivity contribution in [3.05, 3.63) is 48.5 Å². The number of carbonyl (C=O) groups is 1. The van der Waals surface area contributed by atoms with Crippen molar-refractivity contribution in [2.75, 3.05) is 12.4 Å². The summed E-state index contributed by atoms with van der Waals surface area (Å²) in [6.07, 6.45) is 0. The lowest BCUT2D eigenvalue weighted by Crippen LogP contribution is -2.22. The van der Waals surface area contributed by atoms with Gasteiger partial charge < -0.3 is 14.5 Å². The number of thioether (sulfide) groups is 1. The lowest BCUT2D eigenvalue weighted by Gasteiger charge is -2.12. The number of amides is 1. The molecule has 0 unspecified atom stereocenters. The Kier molecular flexibility index (Phi) is 4.52. The highest BCUT2D eigenvalue weighted by Gasteiger charge is 2.19. The average molecular weight is 328 g/mol. The molecule has 3 rings (SSSR count). The number of ether oxygens (including phenoxy) is 1. The van der Waals surface area contributed by atoms with Crippen LogP contribution in [0.1, 0.15) is 6.92 Å². The van der Waals surface area contributed by atoms with Crippen molar-refractivity contribution in [2.24, 2.45) is 0 Å². The number of hydrogen-bond acceptors (Lipinski definition) is 5. The summed E-state index contributed by atoms with van der Waals surface area (Å²) in [6.45, 7) is 1.81. The van der Waals surface area contributed by atoms with E-state index in [1.54, 1.807) is 19.2 Å². The number of aromatic nitrogens is 1. The number of fused-ring (bicyclic) bond motifs is 1. The van der Waals surface area contributed by atoms with Crippen molar-refractivity contribution in [3.8, 4) is 5.75 Å². The first-order valence-corrected chi connectivity index (χ1v) is 8.01. The van der Waals surface area contributed by atoms with Crippen molar-refractivity contribution >= 4 is 34.5 Å². The molecular weight excluding hydrogens is 312 g/mol. The van der Waals surface area contributed by atoms with Crippen LogP contribution in [-0.2, 0) is 4.79 Å². The van der Waals surface area contributed by atoms with Crippen LogP contribution in [0.15, 0.2) is 58.2 Å². The molecule has 1 aromatic heterocycles. The third-order valence-electron chi connectivity index (χ3n) is 3.29. The van der Waals surface area contributed by atoms with E-state index in [9.17, 15) is 4.79 Å². The number of methoxy groups -OCH3 is 1. The van der Waals surface area contributed by atoms with Crippen LogP contribution in [0.3, 0.4) is 0 Å². The van der Waals surface area contributed by atoms with Crippen LogP contribution in [0.5, 0.6) is 5.75 Å². The maximum atomic E-state index is 12.3. The second-order valence-corrected chi connectivity index (χ2v) is 6.19. The Bertz CT molecular complexity index is 798. The van der Waals surface area contributed by atoms with Gasteiger partial charge in [0.1, 0.15) is 11.3 Å². The van der Waals surface area contributed by atoms with Gasteiger partial charge in [0.25, 0.3) is 5.22 Å². The molecule has 1 atom stereocenters. The highest BCUT2D eigenvalue weighted by Crippen LogP contribution is 2.28. The van der Waals surface area contributed by atoms with Crippen LogP contribution in [-0.4, -0.2) is 23.3 Å². The standard InChI is InChI=1S/C17H16N2O3S/c1-11(16(20)18-12-7-3-5-9-14(12)21-2)23-17-19-13-8-4-6-10-15(13)22-17/h3-11H,1-2H3,(H,18,20)/t11-/m1/s1. The fourth-order valence-electron chi connectivity index (χ4n) is 2.09. The molecule has 3 aromatic rings. The largest absolute Gasteiger partial charge is 0.495 e. The summed E-state index contributed by atoms with van der Waals surface area (Å²) in [5.41, 5.74) is 2.14. The summed E-state index contributed by atoms with van der Waals surface area (Å²) < 4.78 is 10.9. The smallest absolute Gasteiger partial charge is 0.257 e. The van der Waals surface area contributed by atoms with Crippen molar-refractivity contribution in [3.63, 3.8) is 0 Å². The molecule has 0 saturated carbocycles. The van der Waals surface area contributed by atoms with Crippen LogP contribution in [0, 0.1) is 0 Å². The van der Waals surface area contributed by atoms with Gasteiger partial charge in [0.15, 0.2) is 5.58 Å². The fourth-order valence-corrected chi connectivity index (χ4v) is 2.85. The molecule has 6 heteroatoms. The van der Waals surface area contributed by atoms with E-state index >= 15 is 0 Å². The summed E-state index contributed by atoms with van der Waals surface area (Å²) in [4.78, 5) is 16.7. The summed E-state index contributed by atoms with van der Waals surface area (Å²) in [5, 5.41) is 2.99. The zero-order chi connectivity index (χ0) is 16.2. The molecule has 2 aromatic carbocycles. The van der Waals surface area contributed by atoms with Gasteiger partial charge in [-0.2, -0.15) is 0 Å². The van der Waals surface area contributed by atoms with E-state index in [0.717, 1.165) is 5.52 Å². The Hall–Kier alpha value is -2.47. The SMILES string of the molecule is COc1ccccc1NC(=O)[C@@H](C)Sc1nc2ccccc2o1. The predicted molar refractivity (Wildman–Crippen MR) is 91.0 cm³/mol. The number of nitrogens with zero attached hydrogens (tertiary/aromatic N) is 1. The van der Waals surface area contributed by atoms with Crippen molar-refractivity contribution < 1.29 is 13.9 Å². The molecule has 0 spiro atoms. The maximum absolute atomic E-state index is 12.3. The number of oxazole rings is 1. The van der Waals surface area contributed by atoms with Gasteiger partial charge in [0, 0.05) is 0 Å². The van der Waals surface area contributed by atoms with Crippen LogP contribution in [0.25, 0.3) is 11.1 Å². The molecule has 1 N–H and O–H groups in total. The van der Waals surface area contributed by atoms with Gasteiger partial charge in [-0.15, -0.1) is 0 Å². The second kappa shape index (κ2) is 6.75. The number of rotatable bonds is 5. The van der Waals surface area contributed by atoms with E-state index in [2.05, 4.69) is 10.3 Å². The van der Waals surface area contributed by atoms with Gasteiger partial charge in [0.2, 0.25) is 5.91 Å². The Morgan fingerprint density at radius 2 is 1.96 bits per heavy atom. The molecular formula is C17H16N2O3S. The van der Waals surface area contributed by atoms with Crippen molar-refractivity contribution in [1.29, 1.82) is 0 Å². The first kappa shape index (κ1) is 15.4. The summed E-state index contributed by atoms with van der Waals surface area (Å²) in [7, 11) is 1.57. The first-order valence-electron chi connectivity index (χ1n) is 7.13. The molecule has 0 fully saturated rings. The van der Waals surface area contributed by atoms with Gasteiger partial charge in [0.05, 0.1) is 18.0 Å². The molecule has 0 saturated heterocycles. The molecule has 1 amide bonds. The number of para-hydroxylation sites is 4. The van der Waals surface area contributed by atoms with Gasteiger partial charge >= 0.3 is 0 Å². The topological polar surface area (TPSA) is 64.4 Å². The normalized spacial score (nSPS) is 12.1. The van der Waals surface area contributed by atoms with E-state index in [-0.39, 0.29) is 11.2 Å². The van der Waals surface area contributed by atoms with E-state index in [1.807, 2.05) is 43.3 Å². The molecule has 1 heterocycles. The highest BCUT2D eigenvalue weighted by molar-refractivity contribution is 8.00. The van der Waals surface area contributed by atoms with Gasteiger partial charge in [-0.25, -0.2) is 4.98 Å². The van der Waals surface area contributed by atoms with E-state index in [1.165, 1.54) is 11.8 Å². The molecule has 118 valence electrons. The van der Waals surface area contributed by atoms with Crippen molar-refractivity contribution in [2.45, 2.75) is 17.4 Å². The summed E-state index contributed by atoms with van der Waals surface area (Å²) in [5.74, 6) is 0.488. The minimum atomic E-state index is -0.354. The Balaban J connectivity index is 1.69. The van der Waals surface area contributed by atoms with E-state index in [0.29, 0.717) is 22.2 Å². The zero-order valence-corrected chi connectivity index (χ0v) is 13.6. The molecule has 23 heavy (non-hydrogen) atoms. The van der Waals surface area contributed by atoms with Gasteiger partial charge in [-0.1, -0.05) is 36.0 Å². The lowest BCUT2D eigenvalue weighted by molar-refractivity contribution is -0.115. The molecule has 0 aliphatic carbocycles. The van der Waals surface area contributed by atoms with Gasteiger partial charge in [-0.05, 0) is 31.2 Å². The van der Waals surface area contributed by atoms with Crippen LogP contribution in [0.2, 0.25) is 0 Å². The third-order valence-corrected chi connectivity index (χ3v) is 4.23. The molecule has 0 aliphatic rings. The van der Waals surface area contributed by atoms with Crippen molar-refractivity contribution in [1.82, 2.24) is 4.98 Å². The molecule has 0 bridgehead atoms. The number of hydrogen-bond donors (Lipinski definition) is 1. The zero-order valence-electron chi connectivity index (χ0n) is 12.8. The average Bonchev–Trinajstić information content (AvgIpc) is 2.97. The van der Waals surface area contributed by atoms with Crippen LogP contribution in [0.4, 0.5) is 5.69 Å². The van der Waals surface area contributed by atoms with Crippen LogP contribution < -0.4 is 10.1 Å². The monoisotopic (exact) mass is 328 g/mol. The Morgan fingerprint density at radius 1 is 1.22 bits per heavy atom. The Labute approximate surface area is 138 Å². The lowest BCUT2D eigenvalue weighted by atomic mass is 10.3. The van der Waals surface area contributed by atoms with E-state index in [4.69, 9.17) is 9.15 Å². The molecule has 0 radical (unpaired) electrons. The second-order valence-electron chi connectivity index (χ2n) is 4.90. The third kappa shape index (κ3) is 3.48. The number of carbonyl (C=O) groups excluding carboxylic acids is 1. The number of anilines is 1. The summed E-state index contributed by atoms with van der Waals surface area (Å²) in [6, 6.07) is 14.8. The van der Waals surface area contributed by atoms with E-state index < -0.39 is 0 Å². The number of nitrogens with one attached hydrogen (secondary N) is 1. The Morgan fingerprint density at radius 3 is 2.74 bits per heavy atom. The number of benzene rings is 2. The maximum Gasteiger partial charge on any atom is 0.257 e. The van der Waals surface area contributed by atoms with Gasteiger partial charge in [-0.3, -0.25) is 4.79 Å². The van der Waals surface area contributed by atoms with Crippen LogP contribution >= 0.6 is 11.8 Å². The minimum Gasteiger partial charge on any atom is -0.495 e. The fraction of sp³-hybridized carbons (Fsp3) is 0.176. The minimum absolute atomic E-state index is 0.137. The first-order chi connectivity index (χ1) is 11.2. The predicted octanol–water partition coefficient (Wildman–Crippen LogP) is 3.96. The highest BCUT2D eigenvalue weighted by atomic mass is 32.2. The molecule has 0 aliphatic heterocycles. The quantitative estimate of drug-likeness (QED) is 0.718.